The van der Waals surface area contributed by atoms with Gasteiger partial charge in [0.05, 0.1) is 15.1 Å². The molecule has 0 aliphatic heterocycles. The number of carbonyl (C=O) groups is 2. The van der Waals surface area contributed by atoms with Crippen LogP contribution in [0.25, 0.3) is 0 Å². The monoisotopic (exact) mass is 367 g/mol. The standard InChI is InChI=1S/C14H16Cl3NO4/c1-6(2)12(14(20)21)18-13(19)7(3)22-11-5-9(16)8(15)4-10(11)17/h4-7,12H,1-3H3,(H,18,19)(H,20,21)/t7-,12+/m0/s1. The van der Waals surface area contributed by atoms with Crippen LogP contribution >= 0.6 is 34.8 Å². The van der Waals surface area contributed by atoms with Crippen LogP contribution < -0.4 is 10.1 Å². The van der Waals surface area contributed by atoms with Crippen LogP contribution in [0.5, 0.6) is 5.75 Å². The number of rotatable bonds is 6. The van der Waals surface area contributed by atoms with Crippen molar-refractivity contribution in [1.29, 1.82) is 0 Å². The Balaban J connectivity index is 2.80. The van der Waals surface area contributed by atoms with Crippen LogP contribution in [0.2, 0.25) is 15.1 Å². The summed E-state index contributed by atoms with van der Waals surface area (Å²) in [6.07, 6.45) is -0.949. The molecule has 122 valence electrons. The Morgan fingerprint density at radius 2 is 1.64 bits per heavy atom. The zero-order valence-electron chi connectivity index (χ0n) is 12.2. The number of hydrogen-bond acceptors (Lipinski definition) is 3. The molecule has 0 aliphatic rings. The summed E-state index contributed by atoms with van der Waals surface area (Å²) >= 11 is 17.6. The van der Waals surface area contributed by atoms with Gasteiger partial charge in [0.1, 0.15) is 11.8 Å². The molecular weight excluding hydrogens is 353 g/mol. The molecule has 1 aromatic rings. The molecule has 5 nitrogen and oxygen atoms in total. The summed E-state index contributed by atoms with van der Waals surface area (Å²) in [5.74, 6) is -1.75. The van der Waals surface area contributed by atoms with Crippen molar-refractivity contribution in [1.82, 2.24) is 5.32 Å². The molecule has 1 amide bonds. The molecule has 0 fully saturated rings. The molecule has 0 heterocycles. The second-order valence-electron chi connectivity index (χ2n) is 5.03. The van der Waals surface area contributed by atoms with Crippen LogP contribution in [0.1, 0.15) is 20.8 Å². The van der Waals surface area contributed by atoms with Gasteiger partial charge in [0.25, 0.3) is 5.91 Å². The van der Waals surface area contributed by atoms with Gasteiger partial charge in [0.2, 0.25) is 0 Å². The molecule has 1 rings (SSSR count). The van der Waals surface area contributed by atoms with Crippen molar-refractivity contribution in [3.63, 3.8) is 0 Å². The van der Waals surface area contributed by atoms with E-state index in [1.165, 1.54) is 19.1 Å². The zero-order valence-corrected chi connectivity index (χ0v) is 14.5. The largest absolute Gasteiger partial charge is 0.480 e. The summed E-state index contributed by atoms with van der Waals surface area (Å²) < 4.78 is 5.42. The normalized spacial score (nSPS) is 13.6. The number of carbonyl (C=O) groups excluding carboxylic acids is 1. The lowest BCUT2D eigenvalue weighted by Gasteiger charge is -2.21. The molecule has 0 saturated carbocycles. The number of carboxylic acids is 1. The van der Waals surface area contributed by atoms with Crippen LogP contribution in [-0.4, -0.2) is 29.1 Å². The molecule has 22 heavy (non-hydrogen) atoms. The lowest BCUT2D eigenvalue weighted by molar-refractivity contribution is -0.144. The van der Waals surface area contributed by atoms with Crippen LogP contribution in [0.3, 0.4) is 0 Å². The van der Waals surface area contributed by atoms with Gasteiger partial charge in [-0.25, -0.2) is 4.79 Å². The summed E-state index contributed by atoms with van der Waals surface area (Å²) in [7, 11) is 0. The van der Waals surface area contributed by atoms with E-state index < -0.39 is 24.0 Å². The molecule has 0 saturated heterocycles. The highest BCUT2D eigenvalue weighted by atomic mass is 35.5. The summed E-state index contributed by atoms with van der Waals surface area (Å²) in [6.45, 7) is 4.87. The van der Waals surface area contributed by atoms with Crippen LogP contribution in [0.15, 0.2) is 12.1 Å². The van der Waals surface area contributed by atoms with E-state index in [0.717, 1.165) is 0 Å². The van der Waals surface area contributed by atoms with E-state index in [9.17, 15) is 9.59 Å². The van der Waals surface area contributed by atoms with E-state index in [4.69, 9.17) is 44.6 Å². The number of halogens is 3. The number of amides is 1. The molecule has 0 spiro atoms. The molecule has 2 N–H and O–H groups in total. The maximum Gasteiger partial charge on any atom is 0.326 e. The van der Waals surface area contributed by atoms with Gasteiger partial charge in [-0.3, -0.25) is 4.79 Å². The minimum absolute atomic E-state index is 0.190. The van der Waals surface area contributed by atoms with Gasteiger partial charge in [0.15, 0.2) is 6.10 Å². The molecule has 0 radical (unpaired) electrons. The third-order valence-corrected chi connectivity index (χ3v) is 3.90. The average Bonchev–Trinajstić information content (AvgIpc) is 2.40. The molecule has 1 aromatic carbocycles. The number of nitrogens with one attached hydrogen (secondary N) is 1. The molecule has 2 atom stereocenters. The van der Waals surface area contributed by atoms with Gasteiger partial charge < -0.3 is 15.2 Å². The fourth-order valence-electron chi connectivity index (χ4n) is 1.62. The lowest BCUT2D eigenvalue weighted by atomic mass is 10.0. The van der Waals surface area contributed by atoms with E-state index >= 15 is 0 Å². The highest BCUT2D eigenvalue weighted by molar-refractivity contribution is 6.43. The van der Waals surface area contributed by atoms with Gasteiger partial charge in [-0.15, -0.1) is 0 Å². The molecule has 0 aliphatic carbocycles. The van der Waals surface area contributed by atoms with Crippen molar-refractivity contribution < 1.29 is 19.4 Å². The SMILES string of the molecule is CC(C)[C@@H](NC(=O)[C@H](C)Oc1cc(Cl)c(Cl)cc1Cl)C(=O)O. The molecule has 8 heteroatoms. The van der Waals surface area contributed by atoms with Crippen molar-refractivity contribution in [2.45, 2.75) is 32.9 Å². The predicted octanol–water partition coefficient (Wildman–Crippen LogP) is 3.64. The van der Waals surface area contributed by atoms with Crippen molar-refractivity contribution in [2.75, 3.05) is 0 Å². The number of hydrogen-bond donors (Lipinski definition) is 2. The Hall–Kier alpha value is -1.17. The first-order valence-electron chi connectivity index (χ1n) is 6.47. The first-order chi connectivity index (χ1) is 10.1. The Bertz CT molecular complexity index is 577. The van der Waals surface area contributed by atoms with E-state index in [-0.39, 0.29) is 26.7 Å². The Morgan fingerprint density at radius 1 is 1.09 bits per heavy atom. The third kappa shape index (κ3) is 4.93. The van der Waals surface area contributed by atoms with Crippen molar-refractivity contribution in [3.05, 3.63) is 27.2 Å². The zero-order chi connectivity index (χ0) is 17.0. The summed E-state index contributed by atoms with van der Waals surface area (Å²) in [6, 6.07) is 1.80. The third-order valence-electron chi connectivity index (χ3n) is 2.88. The lowest BCUT2D eigenvalue weighted by Crippen LogP contribution is -2.48. The van der Waals surface area contributed by atoms with E-state index in [1.807, 2.05) is 0 Å². The topological polar surface area (TPSA) is 75.6 Å². The Morgan fingerprint density at radius 3 is 2.14 bits per heavy atom. The van der Waals surface area contributed by atoms with Crippen LogP contribution in [0.4, 0.5) is 0 Å². The second kappa shape index (κ2) is 7.90. The van der Waals surface area contributed by atoms with Crippen molar-refractivity contribution in [3.8, 4) is 5.75 Å². The first-order valence-corrected chi connectivity index (χ1v) is 7.61. The molecule has 0 bridgehead atoms. The van der Waals surface area contributed by atoms with Crippen LogP contribution in [0, 0.1) is 5.92 Å². The summed E-state index contributed by atoms with van der Waals surface area (Å²) in [5, 5.41) is 12.2. The Labute approximate surface area is 143 Å². The van der Waals surface area contributed by atoms with E-state index in [1.54, 1.807) is 13.8 Å². The number of ether oxygens (including phenoxy) is 1. The van der Waals surface area contributed by atoms with Gasteiger partial charge in [0, 0.05) is 6.07 Å². The maximum atomic E-state index is 12.0. The van der Waals surface area contributed by atoms with Gasteiger partial charge >= 0.3 is 5.97 Å². The van der Waals surface area contributed by atoms with Crippen LogP contribution in [-0.2, 0) is 9.59 Å². The quantitative estimate of drug-likeness (QED) is 0.752. The fourth-order valence-corrected chi connectivity index (χ4v) is 2.20. The minimum atomic E-state index is -1.11. The number of aliphatic carboxylic acids is 1. The first kappa shape index (κ1) is 18.9. The summed E-state index contributed by atoms with van der Waals surface area (Å²) in [5.41, 5.74) is 0. The molecule has 0 unspecified atom stereocenters. The fraction of sp³-hybridized carbons (Fsp3) is 0.429. The number of benzene rings is 1. The minimum Gasteiger partial charge on any atom is -0.480 e. The van der Waals surface area contributed by atoms with E-state index in [2.05, 4.69) is 5.32 Å². The summed E-state index contributed by atoms with van der Waals surface area (Å²) in [4.78, 5) is 23.1. The molecular formula is C14H16Cl3NO4. The van der Waals surface area contributed by atoms with Gasteiger partial charge in [-0.1, -0.05) is 48.7 Å². The highest BCUT2D eigenvalue weighted by Gasteiger charge is 2.26. The second-order valence-corrected chi connectivity index (χ2v) is 6.25. The van der Waals surface area contributed by atoms with Gasteiger partial charge in [-0.05, 0) is 18.9 Å². The highest BCUT2D eigenvalue weighted by Crippen LogP contribution is 2.34. The van der Waals surface area contributed by atoms with Crippen molar-refractivity contribution in [2.24, 2.45) is 5.92 Å². The smallest absolute Gasteiger partial charge is 0.326 e. The average molecular weight is 369 g/mol. The van der Waals surface area contributed by atoms with E-state index in [0.29, 0.717) is 0 Å². The Kier molecular flexibility index (Phi) is 6.78. The number of carboxylic acid groups (broad SMARTS) is 1. The van der Waals surface area contributed by atoms with Gasteiger partial charge in [-0.2, -0.15) is 0 Å². The molecule has 0 aromatic heterocycles. The predicted molar refractivity (Wildman–Crippen MR) is 86.0 cm³/mol. The maximum absolute atomic E-state index is 12.0. The van der Waals surface area contributed by atoms with Crippen molar-refractivity contribution >= 4 is 46.7 Å².